The zero-order chi connectivity index (χ0) is 26.2. The van der Waals surface area contributed by atoms with Crippen molar-refractivity contribution in [1.82, 2.24) is 15.6 Å². The monoisotopic (exact) mass is 517 g/mol. The molecule has 9 nitrogen and oxygen atoms in total. The minimum Gasteiger partial charge on any atom is -0.480 e. The van der Waals surface area contributed by atoms with Crippen LogP contribution in [0.25, 0.3) is 11.1 Å². The Morgan fingerprint density at radius 3 is 2.50 bits per heavy atom. The van der Waals surface area contributed by atoms with E-state index in [9.17, 15) is 23.9 Å². The summed E-state index contributed by atoms with van der Waals surface area (Å²) in [6.07, 6.45) is 0.889. The third-order valence-corrected chi connectivity index (χ3v) is 5.63. The molecule has 2 aromatic carbocycles. The maximum atomic E-state index is 14.2. The number of aryl methyl sites for hydroxylation is 1. The first kappa shape index (κ1) is 26.7. The van der Waals surface area contributed by atoms with Crippen LogP contribution in [0.15, 0.2) is 53.1 Å². The Kier molecular flexibility index (Phi) is 9.02. The molecule has 1 unspecified atom stereocenters. The number of nitrogens with zero attached hydrogens (tertiary/aromatic N) is 1. The molecule has 36 heavy (non-hydrogen) atoms. The number of nitrogens with one attached hydrogen (secondary N) is 2. The third kappa shape index (κ3) is 7.05. The third-order valence-electron chi connectivity index (χ3n) is 5.39. The van der Waals surface area contributed by atoms with Crippen LogP contribution in [-0.2, 0) is 22.4 Å². The number of carboxylic acids is 1. The van der Waals surface area contributed by atoms with E-state index in [1.807, 2.05) is 6.92 Å². The first-order chi connectivity index (χ1) is 17.2. The van der Waals surface area contributed by atoms with Crippen molar-refractivity contribution in [3.05, 3.63) is 76.7 Å². The van der Waals surface area contributed by atoms with E-state index in [-0.39, 0.29) is 18.5 Å². The van der Waals surface area contributed by atoms with Crippen LogP contribution in [0.4, 0.5) is 9.18 Å². The van der Waals surface area contributed by atoms with Crippen LogP contribution in [0.1, 0.15) is 35.3 Å². The Morgan fingerprint density at radius 1 is 1.17 bits per heavy atom. The van der Waals surface area contributed by atoms with E-state index in [0.717, 1.165) is 12.7 Å². The van der Waals surface area contributed by atoms with Gasteiger partial charge in [-0.1, -0.05) is 42.8 Å². The predicted octanol–water partition coefficient (Wildman–Crippen LogP) is 4.24. The van der Waals surface area contributed by atoms with Crippen LogP contribution in [0.3, 0.4) is 0 Å². The maximum absolute atomic E-state index is 14.2. The van der Waals surface area contributed by atoms with Crippen LogP contribution in [0.5, 0.6) is 0 Å². The molecule has 0 fully saturated rings. The number of carbonyl (C=O) groups is 3. The molecule has 0 aliphatic carbocycles. The highest BCUT2D eigenvalue weighted by atomic mass is 35.5. The molecule has 11 heteroatoms. The number of carbonyl (C=O) groups excluding carboxylic acids is 2. The quantitative estimate of drug-likeness (QED) is 0.366. The van der Waals surface area contributed by atoms with Gasteiger partial charge in [0.25, 0.3) is 5.91 Å². The molecule has 0 saturated carbocycles. The Hall–Kier alpha value is -3.92. The van der Waals surface area contributed by atoms with E-state index in [0.29, 0.717) is 28.5 Å². The second-order valence-corrected chi connectivity index (χ2v) is 8.37. The number of carboxylic acid groups (broad SMARTS) is 1. The van der Waals surface area contributed by atoms with Gasteiger partial charge in [0.2, 0.25) is 0 Å². The standard InChI is InChI=1S/C25H25ClFN3O6/c1-3-22-29-21(13-36-22)23(31)28-17(12-20(24(32)33)30-25(34)35-2)10-14-4-6-15(7-5-14)18-11-16(26)8-9-19(18)27/h4-9,11,13,17,20H,3,10,12H2,1-2H3,(H,28,31)(H,30,34)(H,32,33)/t17?,20-/m1/s1. The predicted molar refractivity (Wildman–Crippen MR) is 129 cm³/mol. The van der Waals surface area contributed by atoms with Crippen molar-refractivity contribution in [2.75, 3.05) is 7.11 Å². The van der Waals surface area contributed by atoms with Gasteiger partial charge in [-0.25, -0.2) is 19.0 Å². The van der Waals surface area contributed by atoms with Crippen molar-refractivity contribution >= 4 is 29.6 Å². The summed E-state index contributed by atoms with van der Waals surface area (Å²) in [6.45, 7) is 1.82. The van der Waals surface area contributed by atoms with Crippen LogP contribution in [0.2, 0.25) is 5.02 Å². The number of alkyl carbamates (subject to hydrolysis) is 1. The number of amides is 2. The smallest absolute Gasteiger partial charge is 0.407 e. The van der Waals surface area contributed by atoms with Gasteiger partial charge in [-0.05, 0) is 42.2 Å². The topological polar surface area (TPSA) is 131 Å². The highest BCUT2D eigenvalue weighted by molar-refractivity contribution is 6.30. The molecule has 3 N–H and O–H groups in total. The molecule has 0 saturated heterocycles. The number of aromatic nitrogens is 1. The highest BCUT2D eigenvalue weighted by Gasteiger charge is 2.27. The number of hydrogen-bond acceptors (Lipinski definition) is 6. The molecular formula is C25H25ClFN3O6. The minimum absolute atomic E-state index is 0.0523. The van der Waals surface area contributed by atoms with E-state index in [2.05, 4.69) is 20.4 Å². The lowest BCUT2D eigenvalue weighted by Crippen LogP contribution is -2.47. The highest BCUT2D eigenvalue weighted by Crippen LogP contribution is 2.26. The Balaban J connectivity index is 1.82. The second-order valence-electron chi connectivity index (χ2n) is 7.94. The first-order valence-corrected chi connectivity index (χ1v) is 11.4. The van der Waals surface area contributed by atoms with Crippen LogP contribution >= 0.6 is 11.6 Å². The van der Waals surface area contributed by atoms with Gasteiger partial charge < -0.3 is 24.9 Å². The van der Waals surface area contributed by atoms with E-state index >= 15 is 0 Å². The number of oxazole rings is 1. The fourth-order valence-corrected chi connectivity index (χ4v) is 3.73. The summed E-state index contributed by atoms with van der Waals surface area (Å²) >= 11 is 5.99. The van der Waals surface area contributed by atoms with Crippen LogP contribution < -0.4 is 10.6 Å². The second kappa shape index (κ2) is 12.2. The van der Waals surface area contributed by atoms with Gasteiger partial charge in [-0.2, -0.15) is 0 Å². The fraction of sp³-hybridized carbons (Fsp3) is 0.280. The zero-order valence-electron chi connectivity index (χ0n) is 19.6. The van der Waals surface area contributed by atoms with Gasteiger partial charge in [-0.3, -0.25) is 4.79 Å². The summed E-state index contributed by atoms with van der Waals surface area (Å²) in [5, 5.41) is 15.0. The van der Waals surface area contributed by atoms with Crippen molar-refractivity contribution < 1.29 is 33.0 Å². The lowest BCUT2D eigenvalue weighted by molar-refractivity contribution is -0.139. The SMILES string of the molecule is CCc1nc(C(=O)NC(Cc2ccc(-c3cc(Cl)ccc3F)cc2)C[C@@H](NC(=O)OC)C(=O)O)co1. The average Bonchev–Trinajstić information content (AvgIpc) is 3.35. The molecule has 0 bridgehead atoms. The summed E-state index contributed by atoms with van der Waals surface area (Å²) < 4.78 is 24.0. The number of hydrogen-bond donors (Lipinski definition) is 3. The molecule has 0 radical (unpaired) electrons. The molecule has 2 amide bonds. The fourth-order valence-electron chi connectivity index (χ4n) is 3.56. The van der Waals surface area contributed by atoms with E-state index in [1.54, 1.807) is 24.3 Å². The van der Waals surface area contributed by atoms with Crippen molar-refractivity contribution in [2.24, 2.45) is 0 Å². The van der Waals surface area contributed by atoms with E-state index in [1.165, 1.54) is 24.5 Å². The molecule has 0 spiro atoms. The summed E-state index contributed by atoms with van der Waals surface area (Å²) in [5.74, 6) is -1.88. The first-order valence-electron chi connectivity index (χ1n) is 11.1. The van der Waals surface area contributed by atoms with Crippen molar-refractivity contribution in [3.8, 4) is 11.1 Å². The van der Waals surface area contributed by atoms with Gasteiger partial charge in [0.05, 0.1) is 7.11 Å². The molecule has 2 atom stereocenters. The minimum atomic E-state index is -1.33. The number of aliphatic carboxylic acids is 1. The van der Waals surface area contributed by atoms with Gasteiger partial charge in [0.15, 0.2) is 11.6 Å². The van der Waals surface area contributed by atoms with Gasteiger partial charge >= 0.3 is 12.1 Å². The lowest BCUT2D eigenvalue weighted by atomic mass is 9.97. The number of ether oxygens (including phenoxy) is 1. The lowest BCUT2D eigenvalue weighted by Gasteiger charge is -2.23. The molecule has 0 aliphatic rings. The molecule has 0 aliphatic heterocycles. The average molecular weight is 518 g/mol. The summed E-state index contributed by atoms with van der Waals surface area (Å²) in [7, 11) is 1.12. The van der Waals surface area contributed by atoms with Crippen molar-refractivity contribution in [2.45, 2.75) is 38.3 Å². The molecule has 190 valence electrons. The molecule has 3 aromatic rings. The molecule has 1 heterocycles. The normalized spacial score (nSPS) is 12.4. The number of methoxy groups -OCH3 is 1. The largest absolute Gasteiger partial charge is 0.480 e. The van der Waals surface area contributed by atoms with Crippen LogP contribution in [-0.4, -0.2) is 47.3 Å². The Bertz CT molecular complexity index is 1230. The van der Waals surface area contributed by atoms with E-state index in [4.69, 9.17) is 16.0 Å². The summed E-state index contributed by atoms with van der Waals surface area (Å²) in [5.41, 5.74) is 1.73. The Labute approximate surface area is 211 Å². The van der Waals surface area contributed by atoms with Crippen molar-refractivity contribution in [1.29, 1.82) is 0 Å². The zero-order valence-corrected chi connectivity index (χ0v) is 20.3. The molecule has 1 aromatic heterocycles. The van der Waals surface area contributed by atoms with Gasteiger partial charge in [-0.15, -0.1) is 0 Å². The van der Waals surface area contributed by atoms with Crippen molar-refractivity contribution in [3.63, 3.8) is 0 Å². The Morgan fingerprint density at radius 2 is 1.89 bits per heavy atom. The van der Waals surface area contributed by atoms with Gasteiger partial charge in [0, 0.05) is 23.0 Å². The maximum Gasteiger partial charge on any atom is 0.407 e. The molecular weight excluding hydrogens is 493 g/mol. The molecule has 3 rings (SSSR count). The number of halogens is 2. The number of rotatable bonds is 10. The van der Waals surface area contributed by atoms with E-state index < -0.39 is 35.9 Å². The van der Waals surface area contributed by atoms with Crippen LogP contribution in [0, 0.1) is 5.82 Å². The van der Waals surface area contributed by atoms with Gasteiger partial charge in [0.1, 0.15) is 18.1 Å². The summed E-state index contributed by atoms with van der Waals surface area (Å²) in [6, 6.07) is 9.11. The summed E-state index contributed by atoms with van der Waals surface area (Å²) in [4.78, 5) is 40.2. The number of benzene rings is 2.